The summed E-state index contributed by atoms with van der Waals surface area (Å²) in [5, 5.41) is 1.89. The van der Waals surface area contributed by atoms with Crippen LogP contribution in [0.3, 0.4) is 0 Å². The monoisotopic (exact) mass is 248 g/mol. The van der Waals surface area contributed by atoms with E-state index in [1.165, 1.54) is 0 Å². The molecule has 3 heteroatoms. The lowest BCUT2D eigenvalue weighted by Crippen LogP contribution is -2.06. The molecule has 0 saturated heterocycles. The van der Waals surface area contributed by atoms with Crippen LogP contribution in [0.1, 0.15) is 21.6 Å². The molecule has 0 bridgehead atoms. The Balaban J connectivity index is 2.20. The van der Waals surface area contributed by atoms with E-state index >= 15 is 0 Å². The molecule has 3 aromatic rings. The third-order valence-electron chi connectivity index (χ3n) is 3.16. The predicted octanol–water partition coefficient (Wildman–Crippen LogP) is 3.17. The third kappa shape index (κ3) is 1.99. The van der Waals surface area contributed by atoms with Crippen LogP contribution in [0, 0.1) is 6.92 Å². The number of rotatable bonds is 2. The molecule has 0 atom stereocenters. The van der Waals surface area contributed by atoms with Crippen molar-refractivity contribution in [1.29, 1.82) is 0 Å². The molecule has 0 amide bonds. The SMILES string of the molecule is Cc1ncccc1C(=O)c1cncc2ccccc12. The number of aromatic nitrogens is 2. The van der Waals surface area contributed by atoms with Crippen LogP contribution in [0.5, 0.6) is 0 Å². The molecule has 0 spiro atoms. The van der Waals surface area contributed by atoms with Crippen LogP contribution in [0.25, 0.3) is 10.8 Å². The average Bonchev–Trinajstić information content (AvgIpc) is 2.46. The number of pyridine rings is 2. The minimum absolute atomic E-state index is 0.0325. The summed E-state index contributed by atoms with van der Waals surface area (Å²) in [6, 6.07) is 11.3. The topological polar surface area (TPSA) is 42.9 Å². The minimum atomic E-state index is -0.0325. The Kier molecular flexibility index (Phi) is 2.80. The van der Waals surface area contributed by atoms with Crippen LogP contribution < -0.4 is 0 Å². The van der Waals surface area contributed by atoms with Gasteiger partial charge in [-0.3, -0.25) is 14.8 Å². The Morgan fingerprint density at radius 3 is 2.68 bits per heavy atom. The van der Waals surface area contributed by atoms with Crippen molar-refractivity contribution in [3.05, 3.63) is 71.8 Å². The van der Waals surface area contributed by atoms with Crippen LogP contribution >= 0.6 is 0 Å². The van der Waals surface area contributed by atoms with Gasteiger partial charge in [-0.05, 0) is 24.4 Å². The summed E-state index contributed by atoms with van der Waals surface area (Å²) in [6.07, 6.45) is 5.08. The van der Waals surface area contributed by atoms with Crippen molar-refractivity contribution >= 4 is 16.6 Å². The molecule has 0 aliphatic heterocycles. The lowest BCUT2D eigenvalue weighted by molar-refractivity contribution is 0.103. The maximum absolute atomic E-state index is 12.6. The normalized spacial score (nSPS) is 10.6. The first-order valence-corrected chi connectivity index (χ1v) is 6.06. The van der Waals surface area contributed by atoms with Crippen molar-refractivity contribution in [3.63, 3.8) is 0 Å². The van der Waals surface area contributed by atoms with Crippen LogP contribution in [0.4, 0.5) is 0 Å². The molecular formula is C16H12N2O. The van der Waals surface area contributed by atoms with E-state index in [4.69, 9.17) is 0 Å². The van der Waals surface area contributed by atoms with E-state index in [2.05, 4.69) is 9.97 Å². The van der Waals surface area contributed by atoms with Gasteiger partial charge in [0.15, 0.2) is 5.78 Å². The number of ketones is 1. The summed E-state index contributed by atoms with van der Waals surface area (Å²) >= 11 is 0. The van der Waals surface area contributed by atoms with Gasteiger partial charge >= 0.3 is 0 Å². The maximum atomic E-state index is 12.6. The first-order chi connectivity index (χ1) is 9.27. The number of aryl methyl sites for hydroxylation is 1. The van der Waals surface area contributed by atoms with Crippen molar-refractivity contribution in [1.82, 2.24) is 9.97 Å². The van der Waals surface area contributed by atoms with E-state index in [0.29, 0.717) is 11.1 Å². The number of fused-ring (bicyclic) bond motifs is 1. The zero-order valence-corrected chi connectivity index (χ0v) is 10.5. The summed E-state index contributed by atoms with van der Waals surface area (Å²) in [4.78, 5) is 20.9. The molecule has 19 heavy (non-hydrogen) atoms. The Morgan fingerprint density at radius 2 is 1.84 bits per heavy atom. The molecular weight excluding hydrogens is 236 g/mol. The number of hydrogen-bond donors (Lipinski definition) is 0. The summed E-state index contributed by atoms with van der Waals surface area (Å²) in [7, 11) is 0. The van der Waals surface area contributed by atoms with Gasteiger partial charge < -0.3 is 0 Å². The van der Waals surface area contributed by atoms with Gasteiger partial charge in [0, 0.05) is 40.8 Å². The zero-order chi connectivity index (χ0) is 13.2. The average molecular weight is 248 g/mol. The lowest BCUT2D eigenvalue weighted by atomic mass is 9.99. The van der Waals surface area contributed by atoms with Crippen molar-refractivity contribution in [2.24, 2.45) is 0 Å². The van der Waals surface area contributed by atoms with Gasteiger partial charge in [0.05, 0.1) is 0 Å². The van der Waals surface area contributed by atoms with Crippen molar-refractivity contribution < 1.29 is 4.79 Å². The fourth-order valence-corrected chi connectivity index (χ4v) is 2.17. The molecule has 92 valence electrons. The van der Waals surface area contributed by atoms with Crippen LogP contribution in [-0.2, 0) is 0 Å². The molecule has 0 unspecified atom stereocenters. The molecule has 3 rings (SSSR count). The number of carbonyl (C=O) groups is 1. The first kappa shape index (κ1) is 11.5. The fourth-order valence-electron chi connectivity index (χ4n) is 2.17. The van der Waals surface area contributed by atoms with E-state index in [9.17, 15) is 4.79 Å². The van der Waals surface area contributed by atoms with Crippen LogP contribution in [-0.4, -0.2) is 15.8 Å². The van der Waals surface area contributed by atoms with E-state index in [1.54, 1.807) is 30.7 Å². The van der Waals surface area contributed by atoms with Gasteiger partial charge in [-0.15, -0.1) is 0 Å². The highest BCUT2D eigenvalue weighted by atomic mass is 16.1. The minimum Gasteiger partial charge on any atom is -0.288 e. The summed E-state index contributed by atoms with van der Waals surface area (Å²) < 4.78 is 0. The molecule has 0 saturated carbocycles. The van der Waals surface area contributed by atoms with Gasteiger partial charge in [0.1, 0.15) is 0 Å². The van der Waals surface area contributed by atoms with E-state index in [-0.39, 0.29) is 5.78 Å². The number of hydrogen-bond acceptors (Lipinski definition) is 3. The van der Waals surface area contributed by atoms with Crippen molar-refractivity contribution in [3.8, 4) is 0 Å². The molecule has 0 N–H and O–H groups in total. The van der Waals surface area contributed by atoms with Gasteiger partial charge in [0.2, 0.25) is 0 Å². The lowest BCUT2D eigenvalue weighted by Gasteiger charge is -2.06. The quantitative estimate of drug-likeness (QED) is 0.654. The van der Waals surface area contributed by atoms with Crippen molar-refractivity contribution in [2.75, 3.05) is 0 Å². The highest BCUT2D eigenvalue weighted by Crippen LogP contribution is 2.20. The number of carbonyl (C=O) groups excluding carboxylic acids is 1. The predicted molar refractivity (Wildman–Crippen MR) is 74.1 cm³/mol. The third-order valence-corrected chi connectivity index (χ3v) is 3.16. The molecule has 0 aliphatic carbocycles. The molecule has 3 nitrogen and oxygen atoms in total. The molecule has 0 fully saturated rings. The molecule has 2 aromatic heterocycles. The van der Waals surface area contributed by atoms with Crippen LogP contribution in [0.2, 0.25) is 0 Å². The summed E-state index contributed by atoms with van der Waals surface area (Å²) in [5.74, 6) is -0.0325. The Morgan fingerprint density at radius 1 is 1.00 bits per heavy atom. The highest BCUT2D eigenvalue weighted by molar-refractivity contribution is 6.16. The number of benzene rings is 1. The summed E-state index contributed by atoms with van der Waals surface area (Å²) in [6.45, 7) is 1.84. The van der Waals surface area contributed by atoms with Crippen LogP contribution in [0.15, 0.2) is 55.0 Å². The maximum Gasteiger partial charge on any atom is 0.197 e. The standard InChI is InChI=1S/C16H12N2O/c1-11-13(7-4-8-18-11)16(19)15-10-17-9-12-5-2-3-6-14(12)15/h2-10H,1H3. The van der Waals surface area contributed by atoms with E-state index in [0.717, 1.165) is 16.5 Å². The Labute approximate surface area is 111 Å². The number of nitrogens with zero attached hydrogens (tertiary/aromatic N) is 2. The van der Waals surface area contributed by atoms with Crippen molar-refractivity contribution in [2.45, 2.75) is 6.92 Å². The first-order valence-electron chi connectivity index (χ1n) is 6.06. The zero-order valence-electron chi connectivity index (χ0n) is 10.5. The van der Waals surface area contributed by atoms with E-state index in [1.807, 2.05) is 31.2 Å². The molecule has 2 heterocycles. The van der Waals surface area contributed by atoms with Gasteiger partial charge in [-0.2, -0.15) is 0 Å². The fraction of sp³-hybridized carbons (Fsp3) is 0.0625. The molecule has 0 aliphatic rings. The van der Waals surface area contributed by atoms with Gasteiger partial charge in [-0.25, -0.2) is 0 Å². The van der Waals surface area contributed by atoms with E-state index < -0.39 is 0 Å². The summed E-state index contributed by atoms with van der Waals surface area (Å²) in [5.41, 5.74) is 1.98. The smallest absolute Gasteiger partial charge is 0.197 e. The second kappa shape index (κ2) is 4.61. The Bertz CT molecular complexity index is 760. The highest BCUT2D eigenvalue weighted by Gasteiger charge is 2.14. The second-order valence-electron chi connectivity index (χ2n) is 4.37. The van der Waals surface area contributed by atoms with Gasteiger partial charge in [-0.1, -0.05) is 24.3 Å². The molecule has 0 radical (unpaired) electrons. The molecule has 1 aromatic carbocycles. The largest absolute Gasteiger partial charge is 0.288 e. The Hall–Kier alpha value is -2.55. The van der Waals surface area contributed by atoms with Gasteiger partial charge in [0.25, 0.3) is 0 Å². The second-order valence-corrected chi connectivity index (χ2v) is 4.37.